The van der Waals surface area contributed by atoms with Gasteiger partial charge in [0.1, 0.15) is 0 Å². The third kappa shape index (κ3) is 2.08. The normalized spacial score (nSPS) is 10.4. The molecule has 0 unspecified atom stereocenters. The number of aryl methyl sites for hydroxylation is 2. The van der Waals surface area contributed by atoms with Crippen molar-refractivity contribution in [2.45, 2.75) is 20.3 Å². The van der Waals surface area contributed by atoms with Crippen LogP contribution in [0, 0.1) is 6.92 Å². The van der Waals surface area contributed by atoms with Crippen molar-refractivity contribution in [3.8, 4) is 11.1 Å². The first kappa shape index (κ1) is 10.7. The molecule has 0 aliphatic rings. The molecule has 2 aromatic carbocycles. The molecule has 0 fully saturated rings. The Morgan fingerprint density at radius 3 is 2.56 bits per heavy atom. The number of benzene rings is 2. The molecule has 0 atom stereocenters. The largest absolute Gasteiger partial charge is 0.399 e. The second kappa shape index (κ2) is 4.40. The summed E-state index contributed by atoms with van der Waals surface area (Å²) in [6, 6.07) is 14.8. The van der Waals surface area contributed by atoms with Gasteiger partial charge in [0, 0.05) is 5.69 Å². The van der Waals surface area contributed by atoms with Gasteiger partial charge in [0.05, 0.1) is 0 Å². The summed E-state index contributed by atoms with van der Waals surface area (Å²) in [6.07, 6.45) is 1.07. The maximum Gasteiger partial charge on any atom is 0.0317 e. The molecule has 2 rings (SSSR count). The first-order chi connectivity index (χ1) is 7.70. The van der Waals surface area contributed by atoms with Crippen LogP contribution in [0.4, 0.5) is 5.69 Å². The Morgan fingerprint density at radius 1 is 1.06 bits per heavy atom. The highest BCUT2D eigenvalue weighted by Crippen LogP contribution is 2.25. The van der Waals surface area contributed by atoms with Gasteiger partial charge in [0.25, 0.3) is 0 Å². The lowest BCUT2D eigenvalue weighted by Crippen LogP contribution is -1.89. The third-order valence-corrected chi connectivity index (χ3v) is 2.90. The van der Waals surface area contributed by atoms with Crippen LogP contribution in [0.15, 0.2) is 42.5 Å². The zero-order valence-corrected chi connectivity index (χ0v) is 9.83. The fraction of sp³-hybridized carbons (Fsp3) is 0.200. The third-order valence-electron chi connectivity index (χ3n) is 2.90. The summed E-state index contributed by atoms with van der Waals surface area (Å²) in [5, 5.41) is 0. The predicted octanol–water partition coefficient (Wildman–Crippen LogP) is 3.81. The van der Waals surface area contributed by atoms with E-state index in [-0.39, 0.29) is 0 Å². The number of nitrogen functional groups attached to an aromatic ring is 1. The fourth-order valence-electron chi connectivity index (χ4n) is 1.97. The van der Waals surface area contributed by atoms with Crippen molar-refractivity contribution in [2.24, 2.45) is 0 Å². The second-order valence-electron chi connectivity index (χ2n) is 4.13. The van der Waals surface area contributed by atoms with Gasteiger partial charge in [-0.15, -0.1) is 0 Å². The van der Waals surface area contributed by atoms with E-state index < -0.39 is 0 Å². The van der Waals surface area contributed by atoms with Gasteiger partial charge in [0.2, 0.25) is 0 Å². The molecule has 0 bridgehead atoms. The van der Waals surface area contributed by atoms with Crippen molar-refractivity contribution in [1.82, 2.24) is 0 Å². The quantitative estimate of drug-likeness (QED) is 0.751. The Kier molecular flexibility index (Phi) is 2.95. The van der Waals surface area contributed by atoms with Gasteiger partial charge < -0.3 is 5.73 Å². The average Bonchev–Trinajstić information content (AvgIpc) is 2.29. The van der Waals surface area contributed by atoms with Gasteiger partial charge in [-0.05, 0) is 47.7 Å². The summed E-state index contributed by atoms with van der Waals surface area (Å²) in [4.78, 5) is 0. The smallest absolute Gasteiger partial charge is 0.0317 e. The van der Waals surface area contributed by atoms with Crippen molar-refractivity contribution >= 4 is 5.69 Å². The minimum Gasteiger partial charge on any atom is -0.399 e. The van der Waals surface area contributed by atoms with Crippen LogP contribution >= 0.6 is 0 Å². The molecule has 1 nitrogen and oxygen atoms in total. The van der Waals surface area contributed by atoms with Crippen LogP contribution in [-0.2, 0) is 6.42 Å². The number of nitrogens with two attached hydrogens (primary N) is 1. The summed E-state index contributed by atoms with van der Waals surface area (Å²) >= 11 is 0. The summed E-state index contributed by atoms with van der Waals surface area (Å²) < 4.78 is 0. The van der Waals surface area contributed by atoms with E-state index in [1.807, 2.05) is 12.1 Å². The maximum absolute atomic E-state index is 5.76. The second-order valence-corrected chi connectivity index (χ2v) is 4.13. The van der Waals surface area contributed by atoms with Crippen LogP contribution in [0.2, 0.25) is 0 Å². The van der Waals surface area contributed by atoms with E-state index in [1.165, 1.54) is 22.3 Å². The SMILES string of the molecule is CCc1cccc(-c2ccc(N)cc2C)c1. The molecule has 82 valence electrons. The standard InChI is InChI=1S/C15H17N/c1-3-12-5-4-6-13(10-12)15-8-7-14(16)9-11(15)2/h4-10H,3,16H2,1-2H3. The molecule has 1 heteroatoms. The monoisotopic (exact) mass is 211 g/mol. The van der Waals surface area contributed by atoms with E-state index in [4.69, 9.17) is 5.73 Å². The molecule has 0 amide bonds. The lowest BCUT2D eigenvalue weighted by molar-refractivity contribution is 1.14. The van der Waals surface area contributed by atoms with Gasteiger partial charge >= 0.3 is 0 Å². The zero-order valence-electron chi connectivity index (χ0n) is 9.83. The van der Waals surface area contributed by atoms with Crippen LogP contribution in [0.3, 0.4) is 0 Å². The number of rotatable bonds is 2. The van der Waals surface area contributed by atoms with Crippen molar-refractivity contribution in [1.29, 1.82) is 0 Å². The van der Waals surface area contributed by atoms with Crippen LogP contribution in [0.25, 0.3) is 11.1 Å². The van der Waals surface area contributed by atoms with Crippen LogP contribution in [-0.4, -0.2) is 0 Å². The molecular formula is C15H17N. The molecule has 0 aromatic heterocycles. The van der Waals surface area contributed by atoms with Crippen LogP contribution < -0.4 is 5.73 Å². The summed E-state index contributed by atoms with van der Waals surface area (Å²) in [5.74, 6) is 0. The van der Waals surface area contributed by atoms with Crippen LogP contribution in [0.5, 0.6) is 0 Å². The predicted molar refractivity (Wildman–Crippen MR) is 70.4 cm³/mol. The van der Waals surface area contributed by atoms with Crippen molar-refractivity contribution in [3.63, 3.8) is 0 Å². The summed E-state index contributed by atoms with van der Waals surface area (Å²) in [6.45, 7) is 4.28. The maximum atomic E-state index is 5.76. The summed E-state index contributed by atoms with van der Waals surface area (Å²) in [7, 11) is 0. The van der Waals surface area contributed by atoms with Gasteiger partial charge in [0.15, 0.2) is 0 Å². The Balaban J connectivity index is 2.49. The Labute approximate surface area is 96.9 Å². The molecule has 2 N–H and O–H groups in total. The van der Waals surface area contributed by atoms with E-state index in [1.54, 1.807) is 0 Å². The van der Waals surface area contributed by atoms with Gasteiger partial charge in [-0.2, -0.15) is 0 Å². The lowest BCUT2D eigenvalue weighted by atomic mass is 9.98. The number of hydrogen-bond donors (Lipinski definition) is 1. The first-order valence-corrected chi connectivity index (χ1v) is 5.66. The average molecular weight is 211 g/mol. The molecule has 0 heterocycles. The molecule has 0 aliphatic carbocycles. The zero-order chi connectivity index (χ0) is 11.5. The molecular weight excluding hydrogens is 194 g/mol. The molecule has 0 saturated carbocycles. The highest BCUT2D eigenvalue weighted by atomic mass is 14.5. The molecule has 0 radical (unpaired) electrons. The number of anilines is 1. The van der Waals surface area contributed by atoms with Crippen molar-refractivity contribution in [3.05, 3.63) is 53.6 Å². The first-order valence-electron chi connectivity index (χ1n) is 5.66. The molecule has 0 spiro atoms. The van der Waals surface area contributed by atoms with Gasteiger partial charge in [-0.25, -0.2) is 0 Å². The van der Waals surface area contributed by atoms with Crippen LogP contribution in [0.1, 0.15) is 18.1 Å². The fourth-order valence-corrected chi connectivity index (χ4v) is 1.97. The molecule has 0 saturated heterocycles. The Bertz CT molecular complexity index is 501. The van der Waals surface area contributed by atoms with Crippen molar-refractivity contribution in [2.75, 3.05) is 5.73 Å². The summed E-state index contributed by atoms with van der Waals surface area (Å²) in [5.41, 5.74) is 11.7. The Hall–Kier alpha value is -1.76. The minimum absolute atomic E-state index is 0.827. The van der Waals surface area contributed by atoms with E-state index in [2.05, 4.69) is 44.2 Å². The molecule has 16 heavy (non-hydrogen) atoms. The molecule has 2 aromatic rings. The van der Waals surface area contributed by atoms with E-state index in [0.717, 1.165) is 12.1 Å². The highest BCUT2D eigenvalue weighted by Gasteiger charge is 2.02. The topological polar surface area (TPSA) is 26.0 Å². The number of hydrogen-bond acceptors (Lipinski definition) is 1. The molecule has 0 aliphatic heterocycles. The van der Waals surface area contributed by atoms with Gasteiger partial charge in [-0.3, -0.25) is 0 Å². The Morgan fingerprint density at radius 2 is 1.88 bits per heavy atom. The van der Waals surface area contributed by atoms with E-state index >= 15 is 0 Å². The lowest BCUT2D eigenvalue weighted by Gasteiger charge is -2.08. The van der Waals surface area contributed by atoms with E-state index in [9.17, 15) is 0 Å². The van der Waals surface area contributed by atoms with Gasteiger partial charge in [-0.1, -0.05) is 37.3 Å². The highest BCUT2D eigenvalue weighted by molar-refractivity contribution is 5.70. The van der Waals surface area contributed by atoms with Crippen molar-refractivity contribution < 1.29 is 0 Å². The van der Waals surface area contributed by atoms with E-state index in [0.29, 0.717) is 0 Å². The minimum atomic E-state index is 0.827.